The first-order valence-electron chi connectivity index (χ1n) is 11.2. The normalized spacial score (nSPS) is 17.8. The topological polar surface area (TPSA) is 157 Å². The van der Waals surface area contributed by atoms with Crippen molar-refractivity contribution in [1.29, 1.82) is 0 Å². The monoisotopic (exact) mass is 505 g/mol. The molecule has 3 aromatic rings. The van der Waals surface area contributed by atoms with Crippen LogP contribution in [-0.2, 0) is 32.0 Å². The Morgan fingerprint density at radius 1 is 1.05 bits per heavy atom. The maximum Gasteiger partial charge on any atom is 0.328 e. The van der Waals surface area contributed by atoms with Gasteiger partial charge in [0.1, 0.15) is 23.6 Å². The molecular weight excluding hydrogens is 482 g/mol. The molecule has 3 N–H and O–H groups in total. The molecule has 190 valence electrons. The maximum absolute atomic E-state index is 13.4. The van der Waals surface area contributed by atoms with E-state index in [2.05, 4.69) is 10.6 Å². The van der Waals surface area contributed by atoms with Crippen molar-refractivity contribution in [2.75, 3.05) is 7.11 Å². The Morgan fingerprint density at radius 2 is 1.81 bits per heavy atom. The number of nitrogens with zero attached hydrogens (tertiary/aromatic N) is 1. The van der Waals surface area contributed by atoms with Crippen molar-refractivity contribution < 1.29 is 33.9 Å². The SMILES string of the molecule is COC(=O)[C@@H]1Cc2ccc(c([N+](=O)[O-])c2)Oc2cccc(c2)CC(=O)N[C@@H](c2ccc(O)cc2)C(=O)N1. The summed E-state index contributed by atoms with van der Waals surface area (Å²) < 4.78 is 10.6. The molecule has 0 unspecified atom stereocenters. The highest BCUT2D eigenvalue weighted by molar-refractivity contribution is 5.92. The van der Waals surface area contributed by atoms with Crippen LogP contribution in [0.5, 0.6) is 17.2 Å². The molecule has 0 spiro atoms. The first kappa shape index (κ1) is 25.2. The van der Waals surface area contributed by atoms with Crippen LogP contribution in [0.3, 0.4) is 0 Å². The molecule has 2 aliphatic heterocycles. The van der Waals surface area contributed by atoms with Crippen molar-refractivity contribution in [2.24, 2.45) is 0 Å². The van der Waals surface area contributed by atoms with Crippen molar-refractivity contribution in [3.8, 4) is 17.2 Å². The van der Waals surface area contributed by atoms with Gasteiger partial charge in [0.2, 0.25) is 17.6 Å². The van der Waals surface area contributed by atoms with Gasteiger partial charge in [0.05, 0.1) is 18.5 Å². The molecule has 4 bridgehead atoms. The Kier molecular flexibility index (Phi) is 7.33. The van der Waals surface area contributed by atoms with Crippen LogP contribution in [-0.4, -0.2) is 41.0 Å². The lowest BCUT2D eigenvalue weighted by atomic mass is 10.0. The molecule has 0 aromatic heterocycles. The number of rotatable bonds is 3. The van der Waals surface area contributed by atoms with Gasteiger partial charge in [-0.1, -0.05) is 30.3 Å². The Bertz CT molecular complexity index is 1360. The summed E-state index contributed by atoms with van der Waals surface area (Å²) in [5, 5.41) is 26.7. The number of ether oxygens (including phenoxy) is 2. The lowest BCUT2D eigenvalue weighted by Gasteiger charge is -2.23. The molecule has 2 aliphatic rings. The van der Waals surface area contributed by atoms with E-state index < -0.39 is 34.8 Å². The lowest BCUT2D eigenvalue weighted by molar-refractivity contribution is -0.385. The molecule has 3 aromatic carbocycles. The number of nitro groups is 1. The zero-order chi connectivity index (χ0) is 26.5. The number of aromatic hydroxyl groups is 1. The van der Waals surface area contributed by atoms with E-state index in [1.165, 1.54) is 36.4 Å². The van der Waals surface area contributed by atoms with Gasteiger partial charge in [0.15, 0.2) is 0 Å². The number of phenols is 1. The number of nitro benzene ring substituents is 1. The molecule has 37 heavy (non-hydrogen) atoms. The highest BCUT2D eigenvalue weighted by Crippen LogP contribution is 2.33. The second-order valence-corrected chi connectivity index (χ2v) is 8.37. The van der Waals surface area contributed by atoms with Gasteiger partial charge >= 0.3 is 11.7 Å². The van der Waals surface area contributed by atoms with Crippen molar-refractivity contribution in [3.63, 3.8) is 0 Å². The summed E-state index contributed by atoms with van der Waals surface area (Å²) in [6.45, 7) is 0. The molecule has 0 aliphatic carbocycles. The minimum Gasteiger partial charge on any atom is -0.508 e. The fourth-order valence-corrected chi connectivity index (χ4v) is 3.96. The third-order valence-corrected chi connectivity index (χ3v) is 5.75. The van der Waals surface area contributed by atoms with E-state index in [4.69, 9.17) is 9.47 Å². The Labute approximate surface area is 211 Å². The number of phenolic OH excluding ortho intramolecular Hbond substituents is 1. The summed E-state index contributed by atoms with van der Waals surface area (Å²) in [6, 6.07) is 14.0. The quantitative estimate of drug-likeness (QED) is 0.279. The number of amides is 2. The summed E-state index contributed by atoms with van der Waals surface area (Å²) in [5.41, 5.74) is 0.953. The van der Waals surface area contributed by atoms with Gasteiger partial charge in [-0.3, -0.25) is 19.7 Å². The summed E-state index contributed by atoms with van der Waals surface area (Å²) in [7, 11) is 1.15. The average Bonchev–Trinajstić information content (AvgIpc) is 2.87. The number of carbonyl (C=O) groups is 3. The Balaban J connectivity index is 1.79. The highest BCUT2D eigenvalue weighted by atomic mass is 16.6. The minimum absolute atomic E-state index is 0.0199. The van der Waals surface area contributed by atoms with Crippen molar-refractivity contribution >= 4 is 23.5 Å². The zero-order valence-corrected chi connectivity index (χ0v) is 19.7. The molecule has 2 atom stereocenters. The van der Waals surface area contributed by atoms with Crippen LogP contribution < -0.4 is 15.4 Å². The van der Waals surface area contributed by atoms with E-state index in [1.807, 2.05) is 0 Å². The second kappa shape index (κ2) is 10.8. The number of hydrogen-bond donors (Lipinski definition) is 3. The van der Waals surface area contributed by atoms with Gasteiger partial charge in [-0.2, -0.15) is 0 Å². The van der Waals surface area contributed by atoms with Gasteiger partial charge in [-0.15, -0.1) is 0 Å². The highest BCUT2D eigenvalue weighted by Gasteiger charge is 2.30. The lowest BCUT2D eigenvalue weighted by Crippen LogP contribution is -2.48. The van der Waals surface area contributed by atoms with Gasteiger partial charge in [0.25, 0.3) is 0 Å². The standard InChI is InChI=1S/C26H23N3O8/c1-36-26(33)20-12-16-5-10-22(21(13-16)29(34)35)37-19-4-2-3-15(11-19)14-23(31)28-24(25(32)27-20)17-6-8-18(30)9-7-17/h2-11,13,20,24,30H,12,14H2,1H3,(H,27,32)(H,28,31)/t20-,24-/m0/s1. The van der Waals surface area contributed by atoms with Crippen molar-refractivity contribution in [2.45, 2.75) is 24.9 Å². The van der Waals surface area contributed by atoms with Crippen molar-refractivity contribution in [3.05, 3.63) is 93.5 Å². The van der Waals surface area contributed by atoms with E-state index in [0.717, 1.165) is 7.11 Å². The summed E-state index contributed by atoms with van der Waals surface area (Å²) in [4.78, 5) is 50.0. The fraction of sp³-hybridized carbons (Fsp3) is 0.192. The third-order valence-electron chi connectivity index (χ3n) is 5.75. The number of esters is 1. The number of fused-ring (bicyclic) bond motifs is 9. The van der Waals surface area contributed by atoms with Crippen LogP contribution in [0.15, 0.2) is 66.7 Å². The average molecular weight is 505 g/mol. The molecule has 2 amide bonds. The molecule has 2 heterocycles. The molecule has 0 radical (unpaired) electrons. The first-order valence-corrected chi connectivity index (χ1v) is 11.2. The van der Waals surface area contributed by atoms with Crippen LogP contribution >= 0.6 is 0 Å². The number of carbonyl (C=O) groups excluding carboxylic acids is 3. The summed E-state index contributed by atoms with van der Waals surface area (Å²) in [5.74, 6) is -1.74. The number of hydrogen-bond acceptors (Lipinski definition) is 8. The van der Waals surface area contributed by atoms with Crippen LogP contribution in [0.25, 0.3) is 0 Å². The number of benzene rings is 3. The molecule has 0 saturated heterocycles. The molecular formula is C26H23N3O8. The van der Waals surface area contributed by atoms with Crippen LogP contribution in [0.2, 0.25) is 0 Å². The predicted octanol–water partition coefficient (Wildman–Crippen LogP) is 2.71. The Morgan fingerprint density at radius 3 is 2.51 bits per heavy atom. The summed E-state index contributed by atoms with van der Waals surface area (Å²) >= 11 is 0. The zero-order valence-electron chi connectivity index (χ0n) is 19.7. The van der Waals surface area contributed by atoms with Crippen LogP contribution in [0.1, 0.15) is 22.7 Å². The third kappa shape index (κ3) is 6.01. The molecule has 0 fully saturated rings. The van der Waals surface area contributed by atoms with Gasteiger partial charge in [-0.25, -0.2) is 4.79 Å². The molecule has 0 saturated carbocycles. The molecule has 11 heteroatoms. The molecule has 5 rings (SSSR count). The van der Waals surface area contributed by atoms with E-state index >= 15 is 0 Å². The largest absolute Gasteiger partial charge is 0.508 e. The van der Waals surface area contributed by atoms with Crippen LogP contribution in [0.4, 0.5) is 5.69 Å². The smallest absolute Gasteiger partial charge is 0.328 e. The Hall–Kier alpha value is -4.93. The van der Waals surface area contributed by atoms with Crippen LogP contribution in [0, 0.1) is 10.1 Å². The number of methoxy groups -OCH3 is 1. The first-order chi connectivity index (χ1) is 17.7. The maximum atomic E-state index is 13.4. The van der Waals surface area contributed by atoms with E-state index in [-0.39, 0.29) is 35.8 Å². The van der Waals surface area contributed by atoms with Gasteiger partial charge in [-0.05, 0) is 47.0 Å². The molecule has 11 nitrogen and oxygen atoms in total. The number of nitrogens with one attached hydrogen (secondary N) is 2. The second-order valence-electron chi connectivity index (χ2n) is 8.37. The van der Waals surface area contributed by atoms with Crippen molar-refractivity contribution in [1.82, 2.24) is 10.6 Å². The van der Waals surface area contributed by atoms with E-state index in [1.54, 1.807) is 30.3 Å². The fourth-order valence-electron chi connectivity index (χ4n) is 3.96. The summed E-state index contributed by atoms with van der Waals surface area (Å²) in [6.07, 6.45) is -0.244. The van der Waals surface area contributed by atoms with Gasteiger partial charge in [0, 0.05) is 12.5 Å². The van der Waals surface area contributed by atoms with E-state index in [9.17, 15) is 29.6 Å². The minimum atomic E-state index is -1.21. The predicted molar refractivity (Wildman–Crippen MR) is 130 cm³/mol. The van der Waals surface area contributed by atoms with Gasteiger partial charge < -0.3 is 25.2 Å². The van der Waals surface area contributed by atoms with E-state index in [0.29, 0.717) is 16.7 Å².